The van der Waals surface area contributed by atoms with E-state index in [-0.39, 0.29) is 5.91 Å². The molecule has 1 N–H and O–H groups in total. The number of nitrogens with one attached hydrogen (secondary N) is 1. The molecule has 0 saturated heterocycles. The number of pyridine rings is 1. The Kier molecular flexibility index (Phi) is 3.28. The Bertz CT molecular complexity index is 777. The Labute approximate surface area is 124 Å². The number of aryl methyl sites for hydroxylation is 1. The largest absolute Gasteiger partial charge is 0.319 e. The maximum Gasteiger partial charge on any atom is 0.255 e. The van der Waals surface area contributed by atoms with Gasteiger partial charge in [0.1, 0.15) is 0 Å². The topological polar surface area (TPSA) is 46.4 Å². The molecular weight excluding hydrogens is 318 g/mol. The normalized spacial score (nSPS) is 10.7. The van der Waals surface area contributed by atoms with Gasteiger partial charge >= 0.3 is 0 Å². The lowest BCUT2D eigenvalue weighted by molar-refractivity contribution is 0.102. The number of rotatable bonds is 2. The van der Waals surface area contributed by atoms with Crippen LogP contribution in [0.3, 0.4) is 0 Å². The van der Waals surface area contributed by atoms with Crippen LogP contribution < -0.4 is 5.32 Å². The molecular formula is C15H12BrN3O. The van der Waals surface area contributed by atoms with Crippen LogP contribution in [0.5, 0.6) is 0 Å². The predicted molar refractivity (Wildman–Crippen MR) is 82.0 cm³/mol. The molecule has 0 aliphatic carbocycles. The Balaban J connectivity index is 1.93. The van der Waals surface area contributed by atoms with Crippen LogP contribution in [0.15, 0.2) is 53.3 Å². The highest BCUT2D eigenvalue weighted by molar-refractivity contribution is 9.10. The van der Waals surface area contributed by atoms with E-state index in [9.17, 15) is 4.79 Å². The molecule has 1 aromatic carbocycles. The van der Waals surface area contributed by atoms with Gasteiger partial charge in [-0.3, -0.25) is 4.79 Å². The third-order valence-corrected chi connectivity index (χ3v) is 3.49. The van der Waals surface area contributed by atoms with Gasteiger partial charge in [0.2, 0.25) is 0 Å². The van der Waals surface area contributed by atoms with Gasteiger partial charge in [-0.15, -0.1) is 0 Å². The minimum absolute atomic E-state index is 0.147. The number of carbonyl (C=O) groups excluding carboxylic acids is 1. The van der Waals surface area contributed by atoms with Crippen molar-refractivity contribution in [2.24, 2.45) is 0 Å². The Morgan fingerprint density at radius 2 is 2.00 bits per heavy atom. The molecule has 1 amide bonds. The van der Waals surface area contributed by atoms with E-state index in [1.165, 1.54) is 0 Å². The van der Waals surface area contributed by atoms with Crippen molar-refractivity contribution in [1.82, 2.24) is 9.38 Å². The van der Waals surface area contributed by atoms with Gasteiger partial charge in [-0.25, -0.2) is 4.98 Å². The highest BCUT2D eigenvalue weighted by Gasteiger charge is 2.09. The highest BCUT2D eigenvalue weighted by Crippen LogP contribution is 2.18. The minimum Gasteiger partial charge on any atom is -0.319 e. The molecule has 3 rings (SSSR count). The number of hydrogen-bond acceptors (Lipinski definition) is 2. The number of imidazole rings is 1. The molecule has 0 aliphatic rings. The number of aromatic nitrogens is 2. The number of fused-ring (bicyclic) bond motifs is 1. The Hall–Kier alpha value is -2.14. The summed E-state index contributed by atoms with van der Waals surface area (Å²) in [5.74, 6) is -0.147. The van der Waals surface area contributed by atoms with Gasteiger partial charge in [-0.2, -0.15) is 0 Å². The monoisotopic (exact) mass is 329 g/mol. The molecule has 4 nitrogen and oxygen atoms in total. The van der Waals surface area contributed by atoms with Crippen LogP contribution in [0.25, 0.3) is 5.65 Å². The number of benzene rings is 1. The number of nitrogens with zero attached hydrogens (tertiary/aromatic N) is 2. The average molecular weight is 330 g/mol. The molecule has 20 heavy (non-hydrogen) atoms. The third kappa shape index (κ3) is 2.44. The fraction of sp³-hybridized carbons (Fsp3) is 0.0667. The van der Waals surface area contributed by atoms with E-state index in [0.29, 0.717) is 11.3 Å². The molecule has 0 atom stereocenters. The lowest BCUT2D eigenvalue weighted by atomic mass is 10.2. The van der Waals surface area contributed by atoms with Crippen molar-refractivity contribution in [2.75, 3.05) is 5.32 Å². The SMILES string of the molecule is Cc1cn2cccc(NC(=O)c3ccc(Br)cc3)c2n1. The fourth-order valence-corrected chi connectivity index (χ4v) is 2.29. The summed E-state index contributed by atoms with van der Waals surface area (Å²) in [7, 11) is 0. The lowest BCUT2D eigenvalue weighted by Gasteiger charge is -2.06. The number of anilines is 1. The zero-order valence-electron chi connectivity index (χ0n) is 10.8. The van der Waals surface area contributed by atoms with Crippen LogP contribution in [0.1, 0.15) is 16.1 Å². The summed E-state index contributed by atoms with van der Waals surface area (Å²) in [5, 5.41) is 2.90. The molecule has 100 valence electrons. The Morgan fingerprint density at radius 3 is 2.75 bits per heavy atom. The van der Waals surface area contributed by atoms with E-state index in [2.05, 4.69) is 26.2 Å². The van der Waals surface area contributed by atoms with Crippen molar-refractivity contribution in [3.05, 3.63) is 64.5 Å². The average Bonchev–Trinajstić information content (AvgIpc) is 2.81. The highest BCUT2D eigenvalue weighted by atomic mass is 79.9. The van der Waals surface area contributed by atoms with Crippen molar-refractivity contribution < 1.29 is 4.79 Å². The van der Waals surface area contributed by atoms with Gasteiger partial charge in [-0.05, 0) is 43.3 Å². The number of amides is 1. The Morgan fingerprint density at radius 1 is 1.25 bits per heavy atom. The van der Waals surface area contributed by atoms with E-state index in [4.69, 9.17) is 0 Å². The van der Waals surface area contributed by atoms with Crippen molar-refractivity contribution in [3.63, 3.8) is 0 Å². The summed E-state index contributed by atoms with van der Waals surface area (Å²) in [4.78, 5) is 16.6. The van der Waals surface area contributed by atoms with Gasteiger partial charge < -0.3 is 9.72 Å². The number of carbonyl (C=O) groups is 1. The van der Waals surface area contributed by atoms with E-state index in [1.54, 1.807) is 12.1 Å². The first-order valence-corrected chi connectivity index (χ1v) is 6.94. The summed E-state index contributed by atoms with van der Waals surface area (Å²) in [5.41, 5.74) is 2.97. The summed E-state index contributed by atoms with van der Waals surface area (Å²) < 4.78 is 2.84. The predicted octanol–water partition coefficient (Wildman–Crippen LogP) is 3.66. The summed E-state index contributed by atoms with van der Waals surface area (Å²) in [6.45, 7) is 1.92. The number of halogens is 1. The first-order valence-electron chi connectivity index (χ1n) is 6.15. The van der Waals surface area contributed by atoms with E-state index in [1.807, 2.05) is 48.0 Å². The van der Waals surface area contributed by atoms with Crippen molar-refractivity contribution in [2.45, 2.75) is 6.92 Å². The van der Waals surface area contributed by atoms with Gasteiger partial charge in [0.25, 0.3) is 5.91 Å². The van der Waals surface area contributed by atoms with Crippen molar-refractivity contribution >= 4 is 33.2 Å². The fourth-order valence-electron chi connectivity index (χ4n) is 2.03. The van der Waals surface area contributed by atoms with Gasteiger partial charge in [-0.1, -0.05) is 15.9 Å². The van der Waals surface area contributed by atoms with Crippen molar-refractivity contribution in [3.8, 4) is 0 Å². The zero-order valence-corrected chi connectivity index (χ0v) is 12.4. The molecule has 5 heteroatoms. The van der Waals surface area contributed by atoms with E-state index in [0.717, 1.165) is 15.8 Å². The second-order valence-corrected chi connectivity index (χ2v) is 5.41. The van der Waals surface area contributed by atoms with E-state index < -0.39 is 0 Å². The van der Waals surface area contributed by atoms with E-state index >= 15 is 0 Å². The van der Waals surface area contributed by atoms with Crippen LogP contribution in [0.4, 0.5) is 5.69 Å². The molecule has 0 aliphatic heterocycles. The van der Waals surface area contributed by atoms with Gasteiger partial charge in [0.05, 0.1) is 11.4 Å². The molecule has 3 aromatic rings. The van der Waals surface area contributed by atoms with Gasteiger partial charge in [0.15, 0.2) is 5.65 Å². The second-order valence-electron chi connectivity index (χ2n) is 4.50. The minimum atomic E-state index is -0.147. The molecule has 0 spiro atoms. The molecule has 0 saturated carbocycles. The molecule has 0 unspecified atom stereocenters. The zero-order chi connectivity index (χ0) is 14.1. The second kappa shape index (κ2) is 5.09. The lowest BCUT2D eigenvalue weighted by Crippen LogP contribution is -2.12. The van der Waals surface area contributed by atoms with Crippen LogP contribution >= 0.6 is 15.9 Å². The maximum atomic E-state index is 12.2. The molecule has 0 fully saturated rings. The number of hydrogen-bond donors (Lipinski definition) is 1. The first-order chi connectivity index (χ1) is 9.63. The standard InChI is InChI=1S/C15H12BrN3O/c1-10-9-19-8-2-3-13(14(19)17-10)18-15(20)11-4-6-12(16)7-5-11/h2-9H,1H3,(H,18,20). The summed E-state index contributed by atoms with van der Waals surface area (Å²) in [6, 6.07) is 11.0. The van der Waals surface area contributed by atoms with Crippen molar-refractivity contribution in [1.29, 1.82) is 0 Å². The first kappa shape index (κ1) is 12.9. The maximum absolute atomic E-state index is 12.2. The molecule has 0 radical (unpaired) electrons. The third-order valence-electron chi connectivity index (χ3n) is 2.96. The molecule has 2 aromatic heterocycles. The molecule has 2 heterocycles. The smallest absolute Gasteiger partial charge is 0.255 e. The quantitative estimate of drug-likeness (QED) is 0.779. The summed E-state index contributed by atoms with van der Waals surface area (Å²) >= 11 is 3.35. The van der Waals surface area contributed by atoms with Crippen LogP contribution in [0.2, 0.25) is 0 Å². The summed E-state index contributed by atoms with van der Waals surface area (Å²) in [6.07, 6.45) is 3.83. The van der Waals surface area contributed by atoms with Gasteiger partial charge in [0, 0.05) is 22.4 Å². The van der Waals surface area contributed by atoms with Crippen LogP contribution in [-0.2, 0) is 0 Å². The molecule has 0 bridgehead atoms. The van der Waals surface area contributed by atoms with Crippen LogP contribution in [0, 0.1) is 6.92 Å². The van der Waals surface area contributed by atoms with Crippen LogP contribution in [-0.4, -0.2) is 15.3 Å².